The molecule has 1 amide bonds. The maximum absolute atomic E-state index is 12.5. The molecule has 0 spiro atoms. The van der Waals surface area contributed by atoms with E-state index in [-0.39, 0.29) is 5.69 Å². The van der Waals surface area contributed by atoms with E-state index in [4.69, 9.17) is 14.2 Å². The Kier molecular flexibility index (Phi) is 8.67. The number of carbonyl (C=O) groups excluding carboxylic acids is 1. The number of methoxy groups -OCH3 is 2. The minimum absolute atomic E-state index is 0.258. The van der Waals surface area contributed by atoms with Gasteiger partial charge in [-0.3, -0.25) is 9.10 Å². The van der Waals surface area contributed by atoms with Crippen LogP contribution in [-0.4, -0.2) is 47.6 Å². The van der Waals surface area contributed by atoms with E-state index in [1.54, 1.807) is 18.2 Å². The molecule has 0 saturated heterocycles. The molecule has 0 heterocycles. The van der Waals surface area contributed by atoms with Crippen LogP contribution in [-0.2, 0) is 21.4 Å². The first-order chi connectivity index (χ1) is 18.8. The quantitative estimate of drug-likeness (QED) is 0.221. The van der Waals surface area contributed by atoms with Crippen LogP contribution in [0, 0.1) is 0 Å². The van der Waals surface area contributed by atoms with E-state index in [2.05, 4.69) is 34.8 Å². The van der Waals surface area contributed by atoms with Gasteiger partial charge in [-0.2, -0.15) is 5.10 Å². The molecule has 1 N–H and O–H groups in total. The number of hydrogen-bond acceptors (Lipinski definition) is 7. The molecule has 4 aromatic carbocycles. The van der Waals surface area contributed by atoms with Gasteiger partial charge in [0.15, 0.2) is 11.5 Å². The SMILES string of the molecule is COc1ccc(N(CC(=O)N/N=C\c2ccc(OCc3ccc4ccccc4c3)cc2)S(C)(=O)=O)cc1OC. The Labute approximate surface area is 227 Å². The number of amides is 1. The van der Waals surface area contributed by atoms with Crippen LogP contribution < -0.4 is 23.9 Å². The van der Waals surface area contributed by atoms with Crippen LogP contribution in [0.5, 0.6) is 17.2 Å². The van der Waals surface area contributed by atoms with Crippen LogP contribution in [0.2, 0.25) is 0 Å². The summed E-state index contributed by atoms with van der Waals surface area (Å²) in [5.74, 6) is 0.866. The number of nitrogens with one attached hydrogen (secondary N) is 1. The fourth-order valence-electron chi connectivity index (χ4n) is 3.87. The maximum Gasteiger partial charge on any atom is 0.260 e. The number of hydrazone groups is 1. The first-order valence-electron chi connectivity index (χ1n) is 12.0. The van der Waals surface area contributed by atoms with Gasteiger partial charge in [-0.1, -0.05) is 36.4 Å². The number of hydrogen-bond donors (Lipinski definition) is 1. The normalized spacial score (nSPS) is 11.4. The highest BCUT2D eigenvalue weighted by atomic mass is 32.2. The van der Waals surface area contributed by atoms with Gasteiger partial charge >= 0.3 is 0 Å². The highest BCUT2D eigenvalue weighted by Crippen LogP contribution is 2.32. The van der Waals surface area contributed by atoms with Crippen LogP contribution in [0.4, 0.5) is 5.69 Å². The van der Waals surface area contributed by atoms with Gasteiger partial charge in [-0.15, -0.1) is 0 Å². The van der Waals surface area contributed by atoms with E-state index >= 15 is 0 Å². The molecule has 0 radical (unpaired) electrons. The van der Waals surface area contributed by atoms with E-state index in [0.29, 0.717) is 23.9 Å². The average molecular weight is 548 g/mol. The molecule has 0 bridgehead atoms. The summed E-state index contributed by atoms with van der Waals surface area (Å²) < 4.78 is 42.0. The summed E-state index contributed by atoms with van der Waals surface area (Å²) in [6.07, 6.45) is 2.48. The molecule has 0 aromatic heterocycles. The molecule has 4 aromatic rings. The number of carbonyl (C=O) groups is 1. The van der Waals surface area contributed by atoms with Crippen molar-refractivity contribution in [2.24, 2.45) is 5.10 Å². The minimum Gasteiger partial charge on any atom is -0.493 e. The van der Waals surface area contributed by atoms with Crippen molar-refractivity contribution >= 4 is 38.6 Å². The molecule has 0 aliphatic rings. The van der Waals surface area contributed by atoms with Gasteiger partial charge in [0.05, 0.1) is 32.4 Å². The number of ether oxygens (including phenoxy) is 3. The van der Waals surface area contributed by atoms with Crippen molar-refractivity contribution in [1.82, 2.24) is 5.43 Å². The predicted molar refractivity (Wildman–Crippen MR) is 152 cm³/mol. The molecule has 0 unspecified atom stereocenters. The Morgan fingerprint density at radius 3 is 2.31 bits per heavy atom. The summed E-state index contributed by atoms with van der Waals surface area (Å²) in [6.45, 7) is -0.0293. The van der Waals surface area contributed by atoms with Gasteiger partial charge in [-0.25, -0.2) is 13.8 Å². The average Bonchev–Trinajstić information content (AvgIpc) is 2.94. The van der Waals surface area contributed by atoms with Crippen LogP contribution >= 0.6 is 0 Å². The van der Waals surface area contributed by atoms with Crippen molar-refractivity contribution in [2.75, 3.05) is 31.3 Å². The Morgan fingerprint density at radius 1 is 0.897 bits per heavy atom. The standard InChI is InChI=1S/C29H29N3O6S/c1-36-27-15-12-25(17-28(27)37-2)32(39(3,34)35)19-29(33)31-30-18-21-9-13-26(14-10-21)38-20-22-8-11-23-6-4-5-7-24(23)16-22/h4-18H,19-20H2,1-3H3,(H,31,33)/b30-18-. The van der Waals surface area contributed by atoms with Crippen molar-refractivity contribution in [2.45, 2.75) is 6.61 Å². The second-order valence-corrected chi connectivity index (χ2v) is 10.5. The summed E-state index contributed by atoms with van der Waals surface area (Å²) in [6, 6.07) is 26.2. The molecule has 0 aliphatic heterocycles. The van der Waals surface area contributed by atoms with Crippen LogP contribution in [0.15, 0.2) is 90.0 Å². The molecule has 0 fully saturated rings. The highest BCUT2D eigenvalue weighted by Gasteiger charge is 2.22. The summed E-state index contributed by atoms with van der Waals surface area (Å²) >= 11 is 0. The minimum atomic E-state index is -3.77. The third-order valence-electron chi connectivity index (χ3n) is 5.85. The molecule has 0 atom stereocenters. The first kappa shape index (κ1) is 27.5. The van der Waals surface area contributed by atoms with Gasteiger partial charge in [0.25, 0.3) is 5.91 Å². The molecular formula is C29H29N3O6S. The topological polar surface area (TPSA) is 107 Å². The molecule has 0 saturated carbocycles. The van der Waals surface area contributed by atoms with E-state index < -0.39 is 22.5 Å². The Balaban J connectivity index is 1.33. The summed E-state index contributed by atoms with van der Waals surface area (Å²) in [7, 11) is -0.848. The number of anilines is 1. The van der Waals surface area contributed by atoms with Gasteiger partial charge in [-0.05, 0) is 64.4 Å². The molecule has 10 heteroatoms. The number of nitrogens with zero attached hydrogens (tertiary/aromatic N) is 2. The number of sulfonamides is 1. The lowest BCUT2D eigenvalue weighted by atomic mass is 10.1. The zero-order chi connectivity index (χ0) is 27.8. The second-order valence-electron chi connectivity index (χ2n) is 8.64. The molecule has 39 heavy (non-hydrogen) atoms. The monoisotopic (exact) mass is 547 g/mol. The molecule has 9 nitrogen and oxygen atoms in total. The molecular weight excluding hydrogens is 518 g/mol. The van der Waals surface area contributed by atoms with Crippen LogP contribution in [0.3, 0.4) is 0 Å². The van der Waals surface area contributed by atoms with E-state index in [1.165, 1.54) is 38.0 Å². The van der Waals surface area contributed by atoms with E-state index in [9.17, 15) is 13.2 Å². The second kappa shape index (κ2) is 12.3. The smallest absolute Gasteiger partial charge is 0.260 e. The number of benzene rings is 4. The summed E-state index contributed by atoms with van der Waals surface area (Å²) in [5, 5.41) is 6.30. The van der Waals surface area contributed by atoms with Gasteiger partial charge in [0, 0.05) is 6.07 Å². The van der Waals surface area contributed by atoms with Crippen molar-refractivity contribution < 1.29 is 27.4 Å². The lowest BCUT2D eigenvalue weighted by Crippen LogP contribution is -2.39. The van der Waals surface area contributed by atoms with Crippen molar-refractivity contribution in [1.29, 1.82) is 0 Å². The van der Waals surface area contributed by atoms with Crippen molar-refractivity contribution in [3.8, 4) is 17.2 Å². The maximum atomic E-state index is 12.5. The fourth-order valence-corrected chi connectivity index (χ4v) is 4.72. The van der Waals surface area contributed by atoms with Crippen LogP contribution in [0.1, 0.15) is 11.1 Å². The lowest BCUT2D eigenvalue weighted by molar-refractivity contribution is -0.119. The Morgan fingerprint density at radius 2 is 1.62 bits per heavy atom. The van der Waals surface area contributed by atoms with E-state index in [1.807, 2.05) is 30.3 Å². The highest BCUT2D eigenvalue weighted by molar-refractivity contribution is 7.92. The van der Waals surface area contributed by atoms with Gasteiger partial charge in [0.2, 0.25) is 10.0 Å². The molecule has 0 aliphatic carbocycles. The zero-order valence-electron chi connectivity index (χ0n) is 21.8. The summed E-state index contributed by atoms with van der Waals surface area (Å²) in [4.78, 5) is 12.5. The zero-order valence-corrected chi connectivity index (χ0v) is 22.6. The first-order valence-corrected chi connectivity index (χ1v) is 13.8. The summed E-state index contributed by atoms with van der Waals surface area (Å²) in [5.41, 5.74) is 4.42. The third-order valence-corrected chi connectivity index (χ3v) is 6.99. The lowest BCUT2D eigenvalue weighted by Gasteiger charge is -2.22. The van der Waals surface area contributed by atoms with Gasteiger partial charge in [0.1, 0.15) is 18.9 Å². The Bertz CT molecular complexity index is 1590. The third kappa shape index (κ3) is 7.26. The van der Waals surface area contributed by atoms with Crippen molar-refractivity contribution in [3.63, 3.8) is 0 Å². The van der Waals surface area contributed by atoms with Gasteiger partial charge < -0.3 is 14.2 Å². The van der Waals surface area contributed by atoms with Crippen molar-refractivity contribution in [3.05, 3.63) is 96.1 Å². The van der Waals surface area contributed by atoms with E-state index in [0.717, 1.165) is 27.1 Å². The Hall–Kier alpha value is -4.57. The number of fused-ring (bicyclic) bond motifs is 1. The molecule has 202 valence electrons. The largest absolute Gasteiger partial charge is 0.493 e. The number of rotatable bonds is 11. The predicted octanol–water partition coefficient (Wildman–Crippen LogP) is 4.35. The fraction of sp³-hybridized carbons (Fsp3) is 0.172. The van der Waals surface area contributed by atoms with Crippen LogP contribution in [0.25, 0.3) is 10.8 Å². The molecule has 4 rings (SSSR count).